The van der Waals surface area contributed by atoms with Crippen molar-refractivity contribution >= 4 is 27.5 Å². The topological polar surface area (TPSA) is 96.0 Å². The van der Waals surface area contributed by atoms with Crippen molar-refractivity contribution in [3.8, 4) is 5.75 Å². The zero-order valence-corrected chi connectivity index (χ0v) is 23.8. The SMILES string of the molecule is CCCNC(=O)[C@H](C)N(Cc1ccc(OC)cc1)C(=O)CN(c1ccc(CC)cc1)S(=O)(=O)c1ccccc1. The molecule has 2 amide bonds. The van der Waals surface area contributed by atoms with Crippen LogP contribution in [0.15, 0.2) is 83.8 Å². The maximum Gasteiger partial charge on any atom is 0.264 e. The van der Waals surface area contributed by atoms with Crippen molar-refractivity contribution in [1.29, 1.82) is 0 Å². The van der Waals surface area contributed by atoms with Crippen LogP contribution in [0.3, 0.4) is 0 Å². The summed E-state index contributed by atoms with van der Waals surface area (Å²) in [5.41, 5.74) is 2.20. The maximum atomic E-state index is 13.9. The van der Waals surface area contributed by atoms with E-state index in [9.17, 15) is 18.0 Å². The number of rotatable bonds is 13. The molecule has 8 nitrogen and oxygen atoms in total. The molecule has 208 valence electrons. The minimum atomic E-state index is -4.08. The second kappa shape index (κ2) is 13.8. The normalized spacial score (nSPS) is 11.9. The van der Waals surface area contributed by atoms with E-state index in [4.69, 9.17) is 4.74 Å². The standard InChI is InChI=1S/C30H37N3O5S/c1-5-20-31-30(35)23(3)32(21-25-14-18-27(38-4)19-15-25)29(34)22-33(26-16-12-24(6-2)13-17-26)39(36,37)28-10-8-7-9-11-28/h7-19,23H,5-6,20-22H2,1-4H3,(H,31,35)/t23-/m0/s1. The number of carbonyl (C=O) groups is 2. The number of amides is 2. The number of benzene rings is 3. The van der Waals surface area contributed by atoms with Crippen molar-refractivity contribution in [2.24, 2.45) is 0 Å². The fourth-order valence-corrected chi connectivity index (χ4v) is 5.49. The Morgan fingerprint density at radius 2 is 1.51 bits per heavy atom. The van der Waals surface area contributed by atoms with Gasteiger partial charge in [-0.2, -0.15) is 0 Å². The summed E-state index contributed by atoms with van der Waals surface area (Å²) in [5, 5.41) is 2.84. The number of hydrogen-bond donors (Lipinski definition) is 1. The summed E-state index contributed by atoms with van der Waals surface area (Å²) < 4.78 is 33.9. The number of anilines is 1. The average Bonchev–Trinajstić information content (AvgIpc) is 2.97. The minimum Gasteiger partial charge on any atom is -0.497 e. The molecule has 0 bridgehead atoms. The number of hydrogen-bond acceptors (Lipinski definition) is 5. The van der Waals surface area contributed by atoms with Gasteiger partial charge in [0.25, 0.3) is 10.0 Å². The fourth-order valence-electron chi connectivity index (χ4n) is 4.05. The van der Waals surface area contributed by atoms with Crippen molar-refractivity contribution < 1.29 is 22.7 Å². The Morgan fingerprint density at radius 1 is 0.897 bits per heavy atom. The van der Waals surface area contributed by atoms with Crippen LogP contribution < -0.4 is 14.4 Å². The molecule has 1 N–H and O–H groups in total. The lowest BCUT2D eigenvalue weighted by Gasteiger charge is -2.32. The Labute approximate surface area is 231 Å². The van der Waals surface area contributed by atoms with Gasteiger partial charge in [0.2, 0.25) is 11.8 Å². The number of aryl methyl sites for hydroxylation is 1. The second-order valence-electron chi connectivity index (χ2n) is 9.18. The molecule has 3 aromatic rings. The maximum absolute atomic E-state index is 13.9. The second-order valence-corrected chi connectivity index (χ2v) is 11.0. The summed E-state index contributed by atoms with van der Waals surface area (Å²) in [5.74, 6) is -0.131. The summed E-state index contributed by atoms with van der Waals surface area (Å²) in [4.78, 5) is 28.3. The summed E-state index contributed by atoms with van der Waals surface area (Å²) in [6, 6.07) is 21.5. The number of nitrogens with zero attached hydrogens (tertiary/aromatic N) is 2. The van der Waals surface area contributed by atoms with Crippen molar-refractivity contribution in [2.75, 3.05) is 24.5 Å². The van der Waals surface area contributed by atoms with E-state index in [0.717, 1.165) is 28.3 Å². The highest BCUT2D eigenvalue weighted by Crippen LogP contribution is 2.25. The van der Waals surface area contributed by atoms with Crippen LogP contribution >= 0.6 is 0 Å². The Morgan fingerprint density at radius 3 is 2.08 bits per heavy atom. The first kappa shape index (κ1) is 29.7. The van der Waals surface area contributed by atoms with Gasteiger partial charge in [0.15, 0.2) is 0 Å². The third kappa shape index (κ3) is 7.60. The summed E-state index contributed by atoms with van der Waals surface area (Å²) >= 11 is 0. The number of carbonyl (C=O) groups excluding carboxylic acids is 2. The number of methoxy groups -OCH3 is 1. The zero-order chi connectivity index (χ0) is 28.4. The van der Waals surface area contributed by atoms with Crippen molar-refractivity contribution in [3.63, 3.8) is 0 Å². The highest BCUT2D eigenvalue weighted by atomic mass is 32.2. The molecule has 39 heavy (non-hydrogen) atoms. The van der Waals surface area contributed by atoms with Gasteiger partial charge in [-0.05, 0) is 67.3 Å². The molecule has 0 spiro atoms. The zero-order valence-electron chi connectivity index (χ0n) is 23.0. The van der Waals surface area contributed by atoms with E-state index in [1.165, 1.54) is 17.0 Å². The predicted octanol–water partition coefficient (Wildman–Crippen LogP) is 4.40. The number of sulfonamides is 1. The Kier molecular flexibility index (Phi) is 10.5. The quantitative estimate of drug-likeness (QED) is 0.340. The summed E-state index contributed by atoms with van der Waals surface area (Å²) in [7, 11) is -2.51. The predicted molar refractivity (Wildman–Crippen MR) is 153 cm³/mol. The lowest BCUT2D eigenvalue weighted by Crippen LogP contribution is -2.51. The van der Waals surface area contributed by atoms with Crippen LogP contribution in [-0.2, 0) is 32.6 Å². The van der Waals surface area contributed by atoms with E-state index in [1.54, 1.807) is 56.5 Å². The average molecular weight is 552 g/mol. The third-order valence-electron chi connectivity index (χ3n) is 6.47. The van der Waals surface area contributed by atoms with Crippen LogP contribution in [0.1, 0.15) is 38.3 Å². The van der Waals surface area contributed by atoms with Crippen LogP contribution in [0.5, 0.6) is 5.75 Å². The van der Waals surface area contributed by atoms with E-state index in [2.05, 4.69) is 5.32 Å². The smallest absolute Gasteiger partial charge is 0.264 e. The van der Waals surface area contributed by atoms with Crippen molar-refractivity contribution in [1.82, 2.24) is 10.2 Å². The van der Waals surface area contributed by atoms with E-state index < -0.39 is 28.5 Å². The van der Waals surface area contributed by atoms with Crippen LogP contribution in [0.4, 0.5) is 5.69 Å². The van der Waals surface area contributed by atoms with Gasteiger partial charge < -0.3 is 15.0 Å². The van der Waals surface area contributed by atoms with Crippen molar-refractivity contribution in [2.45, 2.75) is 51.1 Å². The molecular formula is C30H37N3O5S. The van der Waals surface area contributed by atoms with Crippen LogP contribution in [0.25, 0.3) is 0 Å². The number of nitrogens with one attached hydrogen (secondary N) is 1. The molecule has 0 radical (unpaired) electrons. The van der Waals surface area contributed by atoms with E-state index in [1.807, 2.05) is 38.1 Å². The van der Waals surface area contributed by atoms with Gasteiger partial charge in [-0.1, -0.05) is 56.3 Å². The molecule has 3 rings (SSSR count). The molecule has 1 atom stereocenters. The molecule has 0 aliphatic rings. The van der Waals surface area contributed by atoms with Crippen molar-refractivity contribution in [3.05, 3.63) is 90.0 Å². The Balaban J connectivity index is 2.00. The lowest BCUT2D eigenvalue weighted by molar-refractivity contribution is -0.139. The van der Waals surface area contributed by atoms with Crippen LogP contribution in [0, 0.1) is 0 Å². The monoisotopic (exact) mass is 551 g/mol. The molecule has 0 unspecified atom stereocenters. The molecular weight excluding hydrogens is 514 g/mol. The largest absolute Gasteiger partial charge is 0.497 e. The first-order valence-electron chi connectivity index (χ1n) is 13.1. The first-order chi connectivity index (χ1) is 18.7. The fraction of sp³-hybridized carbons (Fsp3) is 0.333. The molecule has 3 aromatic carbocycles. The highest BCUT2D eigenvalue weighted by Gasteiger charge is 2.32. The molecule has 0 aliphatic carbocycles. The van der Waals surface area contributed by atoms with Gasteiger partial charge in [-0.25, -0.2) is 8.42 Å². The molecule has 0 heterocycles. The molecule has 0 saturated heterocycles. The molecule has 9 heteroatoms. The first-order valence-corrected chi connectivity index (χ1v) is 14.5. The lowest BCUT2D eigenvalue weighted by atomic mass is 10.1. The van der Waals surface area contributed by atoms with Gasteiger partial charge in [0.05, 0.1) is 17.7 Å². The van der Waals surface area contributed by atoms with E-state index in [-0.39, 0.29) is 17.3 Å². The van der Waals surface area contributed by atoms with E-state index in [0.29, 0.717) is 18.0 Å². The Hall–Kier alpha value is -3.85. The van der Waals surface area contributed by atoms with Gasteiger partial charge >= 0.3 is 0 Å². The Bertz CT molecular complexity index is 1330. The van der Waals surface area contributed by atoms with Gasteiger partial charge in [0, 0.05) is 13.1 Å². The molecule has 0 saturated carbocycles. The number of ether oxygens (including phenoxy) is 1. The van der Waals surface area contributed by atoms with Gasteiger partial charge in [-0.3, -0.25) is 13.9 Å². The third-order valence-corrected chi connectivity index (χ3v) is 8.26. The minimum absolute atomic E-state index is 0.0767. The van der Waals surface area contributed by atoms with Gasteiger partial charge in [-0.15, -0.1) is 0 Å². The molecule has 0 aliphatic heterocycles. The summed E-state index contributed by atoms with van der Waals surface area (Å²) in [6.07, 6.45) is 1.55. The van der Waals surface area contributed by atoms with Crippen LogP contribution in [0.2, 0.25) is 0 Å². The molecule has 0 aromatic heterocycles. The van der Waals surface area contributed by atoms with Crippen LogP contribution in [-0.4, -0.2) is 51.4 Å². The molecule has 0 fully saturated rings. The van der Waals surface area contributed by atoms with Gasteiger partial charge in [0.1, 0.15) is 18.3 Å². The highest BCUT2D eigenvalue weighted by molar-refractivity contribution is 7.92. The van der Waals surface area contributed by atoms with E-state index >= 15 is 0 Å². The summed E-state index contributed by atoms with van der Waals surface area (Å²) in [6.45, 7) is 5.74.